The number of hydrogen-bond donors (Lipinski definition) is 2. The van der Waals surface area contributed by atoms with Gasteiger partial charge < -0.3 is 10.4 Å². The maximum Gasteiger partial charge on any atom is 0.0800 e. The molecule has 0 saturated heterocycles. The minimum absolute atomic E-state index is 0.139. The summed E-state index contributed by atoms with van der Waals surface area (Å²) in [5.74, 6) is 0. The highest BCUT2D eigenvalue weighted by Crippen LogP contribution is 2.30. The molecule has 1 aliphatic rings. The quantitative estimate of drug-likeness (QED) is 0.734. The molecular formula is C18H30N2O. The van der Waals surface area contributed by atoms with E-state index in [0.717, 1.165) is 19.5 Å². The zero-order valence-corrected chi connectivity index (χ0v) is 13.7. The second-order valence-electron chi connectivity index (χ2n) is 6.59. The Morgan fingerprint density at radius 3 is 2.43 bits per heavy atom. The van der Waals surface area contributed by atoms with Gasteiger partial charge in [0.25, 0.3) is 0 Å². The van der Waals surface area contributed by atoms with Crippen molar-refractivity contribution in [1.82, 2.24) is 10.2 Å². The second kappa shape index (κ2) is 7.39. The van der Waals surface area contributed by atoms with Gasteiger partial charge in [-0.2, -0.15) is 0 Å². The van der Waals surface area contributed by atoms with Gasteiger partial charge in [-0.25, -0.2) is 0 Å². The molecular weight excluding hydrogens is 260 g/mol. The predicted octanol–water partition coefficient (Wildman–Crippen LogP) is 2.75. The van der Waals surface area contributed by atoms with Crippen molar-refractivity contribution < 1.29 is 5.11 Å². The molecule has 3 heteroatoms. The average molecular weight is 290 g/mol. The van der Waals surface area contributed by atoms with E-state index in [1.165, 1.54) is 18.4 Å². The lowest BCUT2D eigenvalue weighted by atomic mass is 9.89. The molecule has 2 rings (SSSR count). The molecule has 0 radical (unpaired) electrons. The van der Waals surface area contributed by atoms with Gasteiger partial charge in [0.15, 0.2) is 0 Å². The van der Waals surface area contributed by atoms with E-state index in [9.17, 15) is 5.11 Å². The highest BCUT2D eigenvalue weighted by atomic mass is 16.3. The summed E-state index contributed by atoms with van der Waals surface area (Å²) in [6, 6.07) is 11.5. The lowest BCUT2D eigenvalue weighted by Crippen LogP contribution is -2.55. The molecule has 1 aliphatic carbocycles. The first-order valence-electron chi connectivity index (χ1n) is 8.29. The van der Waals surface area contributed by atoms with Crippen molar-refractivity contribution in [3.05, 3.63) is 35.9 Å². The van der Waals surface area contributed by atoms with Gasteiger partial charge in [0, 0.05) is 18.6 Å². The number of aliphatic hydroxyl groups is 1. The van der Waals surface area contributed by atoms with Gasteiger partial charge in [-0.05, 0) is 45.2 Å². The van der Waals surface area contributed by atoms with Crippen LogP contribution in [0.1, 0.15) is 45.6 Å². The van der Waals surface area contributed by atoms with E-state index < -0.39 is 0 Å². The zero-order valence-electron chi connectivity index (χ0n) is 13.7. The van der Waals surface area contributed by atoms with Crippen LogP contribution in [-0.2, 0) is 5.54 Å². The first-order valence-corrected chi connectivity index (χ1v) is 8.29. The highest BCUT2D eigenvalue weighted by Gasteiger charge is 2.38. The van der Waals surface area contributed by atoms with Crippen LogP contribution in [0.2, 0.25) is 0 Å². The number of rotatable bonds is 9. The van der Waals surface area contributed by atoms with Crippen molar-refractivity contribution in [2.24, 2.45) is 0 Å². The van der Waals surface area contributed by atoms with Crippen molar-refractivity contribution in [3.63, 3.8) is 0 Å². The molecule has 1 unspecified atom stereocenters. The third-order valence-electron chi connectivity index (χ3n) is 4.37. The monoisotopic (exact) mass is 290 g/mol. The van der Waals surface area contributed by atoms with Crippen LogP contribution in [0.25, 0.3) is 0 Å². The lowest BCUT2D eigenvalue weighted by Gasteiger charge is -2.40. The van der Waals surface area contributed by atoms with Gasteiger partial charge in [-0.3, -0.25) is 4.90 Å². The molecule has 3 nitrogen and oxygen atoms in total. The summed E-state index contributed by atoms with van der Waals surface area (Å²) in [6.07, 6.45) is 3.59. The minimum Gasteiger partial charge on any atom is -0.394 e. The first kappa shape index (κ1) is 16.5. The van der Waals surface area contributed by atoms with E-state index in [0.29, 0.717) is 12.1 Å². The normalized spacial score (nSPS) is 18.2. The number of nitrogens with zero attached hydrogens (tertiary/aromatic N) is 1. The fraction of sp³-hybridized carbons (Fsp3) is 0.667. The molecule has 0 spiro atoms. The van der Waals surface area contributed by atoms with Crippen LogP contribution in [0, 0.1) is 0 Å². The van der Waals surface area contributed by atoms with Crippen molar-refractivity contribution in [2.75, 3.05) is 19.7 Å². The Balaban J connectivity index is 2.25. The van der Waals surface area contributed by atoms with Crippen LogP contribution in [0.3, 0.4) is 0 Å². The highest BCUT2D eigenvalue weighted by molar-refractivity contribution is 5.26. The fourth-order valence-corrected chi connectivity index (χ4v) is 2.94. The van der Waals surface area contributed by atoms with E-state index in [4.69, 9.17) is 0 Å². The lowest BCUT2D eigenvalue weighted by molar-refractivity contribution is 0.0888. The Bertz CT molecular complexity index is 416. The molecule has 0 aromatic heterocycles. The average Bonchev–Trinajstić information content (AvgIpc) is 3.30. The molecule has 0 amide bonds. The van der Waals surface area contributed by atoms with Gasteiger partial charge in [-0.15, -0.1) is 0 Å². The van der Waals surface area contributed by atoms with Crippen LogP contribution in [0.5, 0.6) is 0 Å². The van der Waals surface area contributed by atoms with Crippen LogP contribution < -0.4 is 5.32 Å². The van der Waals surface area contributed by atoms with E-state index >= 15 is 0 Å². The predicted molar refractivity (Wildman–Crippen MR) is 88.4 cm³/mol. The second-order valence-corrected chi connectivity index (χ2v) is 6.59. The Morgan fingerprint density at radius 2 is 1.95 bits per heavy atom. The molecule has 0 heterocycles. The van der Waals surface area contributed by atoms with Crippen LogP contribution in [0.15, 0.2) is 30.3 Å². The Labute approximate surface area is 129 Å². The topological polar surface area (TPSA) is 35.5 Å². The molecule has 1 fully saturated rings. The first-order chi connectivity index (χ1) is 10.1. The van der Waals surface area contributed by atoms with Crippen molar-refractivity contribution >= 4 is 0 Å². The smallest absolute Gasteiger partial charge is 0.0800 e. The van der Waals surface area contributed by atoms with E-state index in [1.807, 2.05) is 6.07 Å². The molecule has 1 aromatic rings. The van der Waals surface area contributed by atoms with Crippen LogP contribution in [0.4, 0.5) is 0 Å². The number of aliphatic hydroxyl groups excluding tert-OH is 1. The molecule has 0 aliphatic heterocycles. The van der Waals surface area contributed by atoms with E-state index in [1.54, 1.807) is 0 Å². The van der Waals surface area contributed by atoms with Gasteiger partial charge in [0.1, 0.15) is 0 Å². The molecule has 118 valence electrons. The molecule has 21 heavy (non-hydrogen) atoms. The maximum atomic E-state index is 10.2. The minimum atomic E-state index is -0.345. The van der Waals surface area contributed by atoms with Gasteiger partial charge in [0.2, 0.25) is 0 Å². The van der Waals surface area contributed by atoms with Crippen LogP contribution in [-0.4, -0.2) is 41.8 Å². The number of benzene rings is 1. The number of hydrogen-bond acceptors (Lipinski definition) is 3. The molecule has 0 bridgehead atoms. The molecule has 1 saturated carbocycles. The molecule has 1 atom stereocenters. The summed E-state index contributed by atoms with van der Waals surface area (Å²) in [6.45, 7) is 8.75. The van der Waals surface area contributed by atoms with Gasteiger partial charge in [0.05, 0.1) is 12.1 Å². The summed E-state index contributed by atoms with van der Waals surface area (Å²) in [5.41, 5.74) is 0.850. The van der Waals surface area contributed by atoms with Crippen molar-refractivity contribution in [2.45, 2.75) is 57.7 Å². The van der Waals surface area contributed by atoms with Crippen LogP contribution >= 0.6 is 0 Å². The van der Waals surface area contributed by atoms with E-state index in [2.05, 4.69) is 55.3 Å². The molecule has 1 aromatic carbocycles. The zero-order chi connectivity index (χ0) is 15.3. The third kappa shape index (κ3) is 4.29. The summed E-state index contributed by atoms with van der Waals surface area (Å²) in [7, 11) is 0. The Morgan fingerprint density at radius 1 is 1.29 bits per heavy atom. The maximum absolute atomic E-state index is 10.2. The van der Waals surface area contributed by atoms with Gasteiger partial charge in [-0.1, -0.05) is 37.3 Å². The van der Waals surface area contributed by atoms with Crippen molar-refractivity contribution in [3.8, 4) is 0 Å². The van der Waals surface area contributed by atoms with Crippen molar-refractivity contribution in [1.29, 1.82) is 0 Å². The summed E-state index contributed by atoms with van der Waals surface area (Å²) in [4.78, 5) is 2.47. The summed E-state index contributed by atoms with van der Waals surface area (Å²) >= 11 is 0. The fourth-order valence-electron chi connectivity index (χ4n) is 2.94. The summed E-state index contributed by atoms with van der Waals surface area (Å²) in [5, 5.41) is 13.9. The number of nitrogens with one attached hydrogen (secondary N) is 1. The Kier molecular flexibility index (Phi) is 5.80. The SMILES string of the molecule is CCCN(CC(CO)(NC1CC1)c1ccccc1)C(C)C. The largest absolute Gasteiger partial charge is 0.394 e. The van der Waals surface area contributed by atoms with E-state index in [-0.39, 0.29) is 12.1 Å². The standard InChI is InChI=1S/C18H30N2O/c1-4-12-20(15(2)3)13-18(14-21,19-17-10-11-17)16-8-6-5-7-9-16/h5-9,15,17,19,21H,4,10-14H2,1-3H3. The summed E-state index contributed by atoms with van der Waals surface area (Å²) < 4.78 is 0. The third-order valence-corrected chi connectivity index (χ3v) is 4.37. The van der Waals surface area contributed by atoms with Gasteiger partial charge >= 0.3 is 0 Å². The Hall–Kier alpha value is -0.900. The molecule has 2 N–H and O–H groups in total.